The van der Waals surface area contributed by atoms with E-state index in [9.17, 15) is 8.42 Å². The second-order valence-corrected chi connectivity index (χ2v) is 9.60. The second kappa shape index (κ2) is 10.2. The maximum absolute atomic E-state index is 12.1. The van der Waals surface area contributed by atoms with E-state index in [4.69, 9.17) is 4.99 Å². The molecule has 2 N–H and O–H groups in total. The van der Waals surface area contributed by atoms with Crippen LogP contribution in [0.2, 0.25) is 0 Å². The van der Waals surface area contributed by atoms with Crippen LogP contribution in [0.1, 0.15) is 23.6 Å². The molecule has 1 heterocycles. The summed E-state index contributed by atoms with van der Waals surface area (Å²) in [6, 6.07) is 13.4. The Balaban J connectivity index is 1.70. The van der Waals surface area contributed by atoms with E-state index in [0.717, 1.165) is 44.2 Å². The van der Waals surface area contributed by atoms with Gasteiger partial charge in [0.05, 0.1) is 11.4 Å². The number of guanidine groups is 1. The van der Waals surface area contributed by atoms with E-state index in [1.807, 2.05) is 6.07 Å². The molecule has 0 aliphatic carbocycles. The molecule has 0 aromatic heterocycles. The Bertz CT molecular complexity index is 1030. The first-order valence-corrected chi connectivity index (χ1v) is 12.2. The quantitative estimate of drug-likeness (QED) is 0.530. The molecular weight excluding hydrogens is 410 g/mol. The monoisotopic (exact) mass is 443 g/mol. The van der Waals surface area contributed by atoms with Gasteiger partial charge >= 0.3 is 0 Å². The number of anilines is 1. The van der Waals surface area contributed by atoms with Crippen LogP contribution in [-0.2, 0) is 16.6 Å². The Labute approximate surface area is 186 Å². The van der Waals surface area contributed by atoms with Crippen molar-refractivity contribution >= 4 is 21.7 Å². The van der Waals surface area contributed by atoms with E-state index >= 15 is 0 Å². The van der Waals surface area contributed by atoms with Crippen LogP contribution in [0.25, 0.3) is 0 Å². The van der Waals surface area contributed by atoms with Gasteiger partial charge in [-0.25, -0.2) is 18.1 Å². The lowest BCUT2D eigenvalue weighted by Gasteiger charge is -2.38. The predicted molar refractivity (Wildman–Crippen MR) is 127 cm³/mol. The Kier molecular flexibility index (Phi) is 7.56. The number of nitrogens with one attached hydrogen (secondary N) is 2. The van der Waals surface area contributed by atoms with E-state index in [0.29, 0.717) is 6.54 Å². The Morgan fingerprint density at radius 3 is 2.45 bits per heavy atom. The number of aryl methyl sites for hydroxylation is 1. The molecule has 7 nitrogen and oxygen atoms in total. The number of aliphatic imine (C=N–C) groups is 1. The lowest BCUT2D eigenvalue weighted by atomic mass is 10.1. The van der Waals surface area contributed by atoms with Gasteiger partial charge < -0.3 is 15.1 Å². The predicted octanol–water partition coefficient (Wildman–Crippen LogP) is 2.50. The summed E-state index contributed by atoms with van der Waals surface area (Å²) in [6.45, 7) is 11.2. The lowest BCUT2D eigenvalue weighted by Crippen LogP contribution is -2.52. The largest absolute Gasteiger partial charge is 0.368 e. The van der Waals surface area contributed by atoms with Crippen LogP contribution >= 0.6 is 0 Å². The number of nitrogens with zero attached hydrogens (tertiary/aromatic N) is 3. The fourth-order valence-electron chi connectivity index (χ4n) is 3.76. The van der Waals surface area contributed by atoms with Crippen molar-refractivity contribution in [3.63, 3.8) is 0 Å². The van der Waals surface area contributed by atoms with Crippen molar-refractivity contribution in [1.82, 2.24) is 14.9 Å². The number of benzene rings is 2. The van der Waals surface area contributed by atoms with E-state index in [2.05, 4.69) is 58.8 Å². The van der Waals surface area contributed by atoms with Crippen LogP contribution in [0.15, 0.2) is 52.4 Å². The first kappa shape index (κ1) is 23.1. The number of piperazine rings is 1. The smallest absolute Gasteiger partial charge is 0.240 e. The van der Waals surface area contributed by atoms with Gasteiger partial charge in [-0.3, -0.25) is 0 Å². The van der Waals surface area contributed by atoms with Crippen LogP contribution in [0.4, 0.5) is 5.69 Å². The second-order valence-electron chi connectivity index (χ2n) is 7.72. The minimum absolute atomic E-state index is 0.259. The summed E-state index contributed by atoms with van der Waals surface area (Å²) in [4.78, 5) is 9.76. The average Bonchev–Trinajstić information content (AvgIpc) is 2.79. The van der Waals surface area contributed by atoms with Gasteiger partial charge in [0.15, 0.2) is 5.96 Å². The highest BCUT2D eigenvalue weighted by molar-refractivity contribution is 7.89. The number of hydrogen-bond donors (Lipinski definition) is 2. The van der Waals surface area contributed by atoms with Crippen molar-refractivity contribution in [2.45, 2.75) is 32.2 Å². The molecule has 0 bridgehead atoms. The molecule has 8 heteroatoms. The summed E-state index contributed by atoms with van der Waals surface area (Å²) in [5, 5.41) is 3.38. The third-order valence-corrected chi connectivity index (χ3v) is 7.13. The lowest BCUT2D eigenvalue weighted by molar-refractivity contribution is 0.372. The van der Waals surface area contributed by atoms with Crippen molar-refractivity contribution in [2.75, 3.05) is 44.7 Å². The van der Waals surface area contributed by atoms with E-state index < -0.39 is 10.0 Å². The van der Waals surface area contributed by atoms with Gasteiger partial charge in [-0.05, 0) is 62.7 Å². The summed E-state index contributed by atoms with van der Waals surface area (Å²) in [5.41, 5.74) is 4.83. The molecule has 31 heavy (non-hydrogen) atoms. The Hall–Kier alpha value is -2.58. The number of hydrogen-bond acceptors (Lipinski definition) is 4. The fourth-order valence-corrected chi connectivity index (χ4v) is 4.56. The van der Waals surface area contributed by atoms with Crippen LogP contribution in [-0.4, -0.2) is 59.0 Å². The molecule has 3 rings (SSSR count). The molecule has 1 fully saturated rings. The summed E-state index contributed by atoms with van der Waals surface area (Å²) in [6.07, 6.45) is 0. The molecule has 0 saturated carbocycles. The highest BCUT2D eigenvalue weighted by Gasteiger charge is 2.21. The minimum Gasteiger partial charge on any atom is -0.368 e. The summed E-state index contributed by atoms with van der Waals surface area (Å²) in [7, 11) is -2.04. The topological polar surface area (TPSA) is 77.0 Å². The zero-order valence-electron chi connectivity index (χ0n) is 18.9. The van der Waals surface area contributed by atoms with Gasteiger partial charge in [0.1, 0.15) is 0 Å². The standard InChI is InChI=1S/C23H33N5O2S/c1-5-25-23(26-17-20-9-7-10-21(16-20)31(29,30)24-4)28-14-12-27(13-15-28)22-11-6-8-18(2)19(22)3/h6-11,16,24H,5,12-15,17H2,1-4H3,(H,25,26). The Morgan fingerprint density at radius 1 is 1.06 bits per heavy atom. The molecule has 1 aliphatic rings. The molecule has 0 radical (unpaired) electrons. The molecule has 2 aromatic rings. The fraction of sp³-hybridized carbons (Fsp3) is 0.435. The molecule has 168 valence electrons. The molecular formula is C23H33N5O2S. The first-order chi connectivity index (χ1) is 14.9. The minimum atomic E-state index is -3.46. The van der Waals surface area contributed by atoms with Crippen LogP contribution in [0.5, 0.6) is 0 Å². The molecule has 0 spiro atoms. The molecule has 0 amide bonds. The molecule has 2 aromatic carbocycles. The van der Waals surface area contributed by atoms with Crippen molar-refractivity contribution in [3.8, 4) is 0 Å². The molecule has 1 aliphatic heterocycles. The third kappa shape index (κ3) is 5.57. The molecule has 0 unspecified atom stereocenters. The first-order valence-electron chi connectivity index (χ1n) is 10.7. The maximum atomic E-state index is 12.1. The van der Waals surface area contributed by atoms with Crippen molar-refractivity contribution in [2.24, 2.45) is 4.99 Å². The van der Waals surface area contributed by atoms with Gasteiger partial charge in [0, 0.05) is 38.4 Å². The summed E-state index contributed by atoms with van der Waals surface area (Å²) in [5.74, 6) is 0.866. The summed E-state index contributed by atoms with van der Waals surface area (Å²) >= 11 is 0. The van der Waals surface area contributed by atoms with E-state index in [-0.39, 0.29) is 4.90 Å². The normalized spacial score (nSPS) is 15.3. The highest BCUT2D eigenvalue weighted by atomic mass is 32.2. The van der Waals surface area contributed by atoms with Gasteiger partial charge in [-0.15, -0.1) is 0 Å². The van der Waals surface area contributed by atoms with Gasteiger partial charge in [-0.2, -0.15) is 0 Å². The van der Waals surface area contributed by atoms with Crippen LogP contribution < -0.4 is 14.9 Å². The van der Waals surface area contributed by atoms with Crippen molar-refractivity contribution < 1.29 is 8.42 Å². The van der Waals surface area contributed by atoms with Crippen LogP contribution in [0.3, 0.4) is 0 Å². The van der Waals surface area contributed by atoms with Crippen molar-refractivity contribution in [1.29, 1.82) is 0 Å². The van der Waals surface area contributed by atoms with Crippen molar-refractivity contribution in [3.05, 3.63) is 59.2 Å². The SMILES string of the molecule is CCNC(=NCc1cccc(S(=O)(=O)NC)c1)N1CCN(c2cccc(C)c2C)CC1. The zero-order valence-corrected chi connectivity index (χ0v) is 19.7. The number of sulfonamides is 1. The Morgan fingerprint density at radius 2 is 1.77 bits per heavy atom. The summed E-state index contributed by atoms with van der Waals surface area (Å²) < 4.78 is 26.5. The van der Waals surface area contributed by atoms with Crippen LogP contribution in [0, 0.1) is 13.8 Å². The van der Waals surface area contributed by atoms with Gasteiger partial charge in [0.2, 0.25) is 10.0 Å². The highest BCUT2D eigenvalue weighted by Crippen LogP contribution is 2.24. The third-order valence-electron chi connectivity index (χ3n) is 5.72. The average molecular weight is 444 g/mol. The zero-order chi connectivity index (χ0) is 22.4. The van der Waals surface area contributed by atoms with Gasteiger partial charge in [-0.1, -0.05) is 24.3 Å². The maximum Gasteiger partial charge on any atom is 0.240 e. The molecule has 0 atom stereocenters. The molecule has 1 saturated heterocycles. The number of rotatable bonds is 6. The van der Waals surface area contributed by atoms with E-state index in [1.165, 1.54) is 23.9 Å². The van der Waals surface area contributed by atoms with Gasteiger partial charge in [0.25, 0.3) is 0 Å². The van der Waals surface area contributed by atoms with E-state index in [1.54, 1.807) is 18.2 Å².